The van der Waals surface area contributed by atoms with Crippen molar-refractivity contribution < 1.29 is 19.4 Å². The van der Waals surface area contributed by atoms with Gasteiger partial charge >= 0.3 is 12.1 Å². The summed E-state index contributed by atoms with van der Waals surface area (Å²) in [4.78, 5) is 34.7. The van der Waals surface area contributed by atoms with E-state index in [-0.39, 0.29) is 18.3 Å². The Morgan fingerprint density at radius 3 is 2.40 bits per heavy atom. The molecular formula is C36H37N3O4. The van der Waals surface area contributed by atoms with E-state index in [4.69, 9.17) is 4.74 Å². The number of fused-ring (bicyclic) bond motifs is 1. The molecule has 0 spiro atoms. The van der Waals surface area contributed by atoms with E-state index in [1.165, 1.54) is 11.1 Å². The predicted molar refractivity (Wildman–Crippen MR) is 169 cm³/mol. The quantitative estimate of drug-likeness (QED) is 0.148. The van der Waals surface area contributed by atoms with Crippen molar-refractivity contribution in [2.75, 3.05) is 13.1 Å². The molecule has 2 N–H and O–H groups in total. The normalized spacial score (nSPS) is 11.0. The molecule has 7 nitrogen and oxygen atoms in total. The van der Waals surface area contributed by atoms with Crippen LogP contribution in [0.15, 0.2) is 91.3 Å². The lowest BCUT2D eigenvalue weighted by molar-refractivity contribution is 0.0697. The standard InChI is InChI=1S/C36H37N3O4/c1-25-11-13-30(26(2)22-25)34-31(32-23-29(35(40)41)12-14-33(32)38-34)17-21-39(20-7-6-8-27-15-18-37-19-16-27)36(42)43-24-28-9-4-3-5-10-28/h3-5,9-16,18-19,22-23,38H,6-8,17,20-21,24H2,1-2H3,(H,40,41). The SMILES string of the molecule is Cc1ccc(-c2[nH]c3ccc(C(=O)O)cc3c2CCN(CCCCc2ccncc2)C(=O)OCc2ccccc2)c(C)c1. The fraction of sp³-hybridized carbons (Fsp3) is 0.250. The van der Waals surface area contributed by atoms with Crippen LogP contribution in [0.5, 0.6) is 0 Å². The predicted octanol–water partition coefficient (Wildman–Crippen LogP) is 7.75. The van der Waals surface area contributed by atoms with Crippen molar-refractivity contribution in [3.8, 4) is 11.3 Å². The van der Waals surface area contributed by atoms with Crippen LogP contribution >= 0.6 is 0 Å². The lowest BCUT2D eigenvalue weighted by Crippen LogP contribution is -2.34. The molecule has 0 radical (unpaired) electrons. The number of benzene rings is 3. The number of amides is 1. The minimum atomic E-state index is -0.970. The minimum Gasteiger partial charge on any atom is -0.478 e. The number of carboxylic acid groups (broad SMARTS) is 1. The first-order valence-electron chi connectivity index (χ1n) is 14.7. The second-order valence-corrected chi connectivity index (χ2v) is 11.0. The number of nitrogens with one attached hydrogen (secondary N) is 1. The Morgan fingerprint density at radius 2 is 1.65 bits per heavy atom. The van der Waals surface area contributed by atoms with Crippen LogP contribution in [0.1, 0.15) is 51.0 Å². The number of nitrogens with zero attached hydrogens (tertiary/aromatic N) is 2. The van der Waals surface area contributed by atoms with Gasteiger partial charge in [-0.25, -0.2) is 9.59 Å². The molecule has 0 aliphatic heterocycles. The summed E-state index contributed by atoms with van der Waals surface area (Å²) >= 11 is 0. The van der Waals surface area contributed by atoms with Gasteiger partial charge < -0.3 is 19.7 Å². The van der Waals surface area contributed by atoms with Gasteiger partial charge in [-0.15, -0.1) is 0 Å². The van der Waals surface area contributed by atoms with E-state index >= 15 is 0 Å². The van der Waals surface area contributed by atoms with Crippen LogP contribution in [0.3, 0.4) is 0 Å². The smallest absolute Gasteiger partial charge is 0.410 e. The van der Waals surface area contributed by atoms with Crippen molar-refractivity contribution in [3.05, 3.63) is 125 Å². The molecule has 2 aromatic heterocycles. The number of unbranched alkanes of at least 4 members (excludes halogenated alkanes) is 1. The fourth-order valence-electron chi connectivity index (χ4n) is 5.50. The summed E-state index contributed by atoms with van der Waals surface area (Å²) in [5, 5.41) is 10.5. The summed E-state index contributed by atoms with van der Waals surface area (Å²) in [6.07, 6.45) is 6.44. The summed E-state index contributed by atoms with van der Waals surface area (Å²) < 4.78 is 5.75. The average Bonchev–Trinajstić information content (AvgIpc) is 3.37. The lowest BCUT2D eigenvalue weighted by Gasteiger charge is -2.23. The molecule has 2 heterocycles. The summed E-state index contributed by atoms with van der Waals surface area (Å²) in [5.41, 5.74) is 8.55. The molecule has 7 heteroatoms. The molecule has 0 atom stereocenters. The third-order valence-corrected chi connectivity index (χ3v) is 7.79. The van der Waals surface area contributed by atoms with Gasteiger partial charge in [0.05, 0.1) is 11.3 Å². The van der Waals surface area contributed by atoms with Crippen molar-refractivity contribution in [2.24, 2.45) is 0 Å². The summed E-state index contributed by atoms with van der Waals surface area (Å²) in [6, 6.07) is 25.2. The number of H-pyrrole nitrogens is 1. The highest BCUT2D eigenvalue weighted by Gasteiger charge is 2.20. The van der Waals surface area contributed by atoms with E-state index in [1.807, 2.05) is 48.5 Å². The van der Waals surface area contributed by atoms with E-state index < -0.39 is 5.97 Å². The van der Waals surface area contributed by atoms with Gasteiger partial charge in [0.15, 0.2) is 0 Å². The van der Waals surface area contributed by atoms with E-state index in [0.29, 0.717) is 19.5 Å². The number of pyridine rings is 1. The number of aromatic carboxylic acids is 1. The summed E-state index contributed by atoms with van der Waals surface area (Å²) in [6.45, 7) is 5.34. The fourth-order valence-corrected chi connectivity index (χ4v) is 5.50. The van der Waals surface area contributed by atoms with E-state index in [0.717, 1.165) is 58.1 Å². The number of ether oxygens (including phenoxy) is 1. The number of rotatable bonds is 12. The van der Waals surface area contributed by atoms with Crippen LogP contribution in [0.25, 0.3) is 22.2 Å². The number of aromatic nitrogens is 2. The highest BCUT2D eigenvalue weighted by molar-refractivity contribution is 5.97. The number of hydrogen-bond acceptors (Lipinski definition) is 4. The number of aromatic amines is 1. The number of carbonyl (C=O) groups is 2. The van der Waals surface area contributed by atoms with Crippen LogP contribution in [0.4, 0.5) is 4.79 Å². The van der Waals surface area contributed by atoms with Crippen LogP contribution in [0, 0.1) is 13.8 Å². The molecule has 0 aliphatic rings. The van der Waals surface area contributed by atoms with E-state index in [9.17, 15) is 14.7 Å². The summed E-state index contributed by atoms with van der Waals surface area (Å²) in [7, 11) is 0. The van der Waals surface area contributed by atoms with Crippen LogP contribution in [0.2, 0.25) is 0 Å². The molecule has 0 bridgehead atoms. The molecule has 0 saturated carbocycles. The number of hydrogen-bond donors (Lipinski definition) is 2. The molecule has 0 unspecified atom stereocenters. The zero-order valence-electron chi connectivity index (χ0n) is 24.7. The van der Waals surface area contributed by atoms with E-state index in [1.54, 1.807) is 29.4 Å². The Labute approximate surface area is 252 Å². The Bertz CT molecular complexity index is 1700. The maximum Gasteiger partial charge on any atom is 0.410 e. The Kier molecular flexibility index (Phi) is 9.52. The molecule has 43 heavy (non-hydrogen) atoms. The van der Waals surface area contributed by atoms with Gasteiger partial charge in [-0.1, -0.05) is 54.1 Å². The first-order chi connectivity index (χ1) is 20.9. The second kappa shape index (κ2) is 13.8. The van der Waals surface area contributed by atoms with Crippen LogP contribution in [-0.2, 0) is 24.2 Å². The van der Waals surface area contributed by atoms with Crippen molar-refractivity contribution in [2.45, 2.75) is 46.1 Å². The maximum absolute atomic E-state index is 13.4. The largest absolute Gasteiger partial charge is 0.478 e. The second-order valence-electron chi connectivity index (χ2n) is 11.0. The van der Waals surface area contributed by atoms with Crippen molar-refractivity contribution >= 4 is 23.0 Å². The van der Waals surface area contributed by atoms with Gasteiger partial charge in [-0.3, -0.25) is 4.98 Å². The molecule has 5 rings (SSSR count). The third kappa shape index (κ3) is 7.49. The zero-order chi connectivity index (χ0) is 30.2. The average molecular weight is 576 g/mol. The topological polar surface area (TPSA) is 95.5 Å². The minimum absolute atomic E-state index is 0.204. The van der Waals surface area contributed by atoms with Crippen LogP contribution < -0.4 is 0 Å². The van der Waals surface area contributed by atoms with Crippen LogP contribution in [-0.4, -0.2) is 45.1 Å². The maximum atomic E-state index is 13.4. The van der Waals surface area contributed by atoms with Gasteiger partial charge in [0.25, 0.3) is 0 Å². The van der Waals surface area contributed by atoms with Gasteiger partial charge in [0.2, 0.25) is 0 Å². The first-order valence-corrected chi connectivity index (χ1v) is 14.7. The first kappa shape index (κ1) is 29.6. The monoisotopic (exact) mass is 575 g/mol. The molecule has 0 fully saturated rings. The molecule has 5 aromatic rings. The molecule has 3 aromatic carbocycles. The zero-order valence-corrected chi connectivity index (χ0v) is 24.7. The molecule has 0 aliphatic carbocycles. The molecule has 220 valence electrons. The van der Waals surface area contributed by atoms with Gasteiger partial charge in [0, 0.05) is 41.9 Å². The van der Waals surface area contributed by atoms with Gasteiger partial charge in [0.1, 0.15) is 6.61 Å². The Balaban J connectivity index is 1.40. The molecule has 0 saturated heterocycles. The number of carbonyl (C=O) groups excluding carboxylic acids is 1. The Morgan fingerprint density at radius 1 is 0.860 bits per heavy atom. The third-order valence-electron chi connectivity index (χ3n) is 7.79. The highest BCUT2D eigenvalue weighted by Crippen LogP contribution is 2.34. The molecular weight excluding hydrogens is 538 g/mol. The number of carboxylic acids is 1. The van der Waals surface area contributed by atoms with E-state index in [2.05, 4.69) is 42.0 Å². The van der Waals surface area contributed by atoms with Crippen molar-refractivity contribution in [3.63, 3.8) is 0 Å². The molecule has 1 amide bonds. The van der Waals surface area contributed by atoms with Crippen molar-refractivity contribution in [1.29, 1.82) is 0 Å². The Hall–Kier alpha value is -4.91. The number of aryl methyl sites for hydroxylation is 3. The highest BCUT2D eigenvalue weighted by atomic mass is 16.6. The van der Waals surface area contributed by atoms with Gasteiger partial charge in [-0.05, 0) is 92.1 Å². The lowest BCUT2D eigenvalue weighted by atomic mass is 9.97. The summed E-state index contributed by atoms with van der Waals surface area (Å²) in [5.74, 6) is -0.970. The van der Waals surface area contributed by atoms with Gasteiger partial charge in [-0.2, -0.15) is 0 Å². The van der Waals surface area contributed by atoms with Crippen molar-refractivity contribution in [1.82, 2.24) is 14.9 Å².